The van der Waals surface area contributed by atoms with Crippen molar-refractivity contribution in [2.75, 3.05) is 20.2 Å². The molecule has 0 aromatic heterocycles. The Kier molecular flexibility index (Phi) is 5.92. The first-order valence-corrected chi connectivity index (χ1v) is 8.96. The van der Waals surface area contributed by atoms with Crippen LogP contribution in [0.1, 0.15) is 22.3 Å². The minimum absolute atomic E-state index is 0.0374. The van der Waals surface area contributed by atoms with Gasteiger partial charge in [0.2, 0.25) is 0 Å². The quantitative estimate of drug-likeness (QED) is 0.657. The fraction of sp³-hybridized carbons (Fsp3) is 0.350. The van der Waals surface area contributed by atoms with E-state index in [4.69, 9.17) is 4.74 Å². The molecule has 1 fully saturated rings. The van der Waals surface area contributed by atoms with Crippen LogP contribution < -0.4 is 5.32 Å². The fourth-order valence-corrected chi connectivity index (χ4v) is 3.36. The highest BCUT2D eigenvalue weighted by Gasteiger charge is 2.43. The highest BCUT2D eigenvalue weighted by Crippen LogP contribution is 2.36. The number of nitrogens with zero attached hydrogens (tertiary/aromatic N) is 1. The van der Waals surface area contributed by atoms with Crippen LogP contribution in [-0.2, 0) is 29.2 Å². The molecule has 1 heterocycles. The summed E-state index contributed by atoms with van der Waals surface area (Å²) in [6.07, 6.45) is -9.93. The van der Waals surface area contributed by atoms with E-state index >= 15 is 0 Å². The standard InChI is InChI=1S/C20H17F7N2O2/c1-29-10-18(28-17(29)30,13-2-4-16(21)5-3-13)11-31-9-12-6-14(19(22,23)24)8-15(7-12)20(25,26)27/h2-8H,9-11H2,1H3,(H,28,30)/t18-/m1/s1. The lowest BCUT2D eigenvalue weighted by Gasteiger charge is -2.29. The van der Waals surface area contributed by atoms with E-state index in [1.807, 2.05) is 0 Å². The van der Waals surface area contributed by atoms with Crippen LogP contribution in [0.15, 0.2) is 42.5 Å². The number of rotatable bonds is 5. The number of ether oxygens (including phenoxy) is 1. The van der Waals surface area contributed by atoms with Gasteiger partial charge in [0.25, 0.3) is 0 Å². The van der Waals surface area contributed by atoms with Crippen molar-refractivity contribution in [1.82, 2.24) is 10.2 Å². The van der Waals surface area contributed by atoms with Crippen molar-refractivity contribution >= 4 is 6.03 Å². The maximum atomic E-state index is 13.3. The molecular formula is C20H17F7N2O2. The summed E-state index contributed by atoms with van der Waals surface area (Å²) < 4.78 is 96.8. The van der Waals surface area contributed by atoms with Crippen LogP contribution in [0.5, 0.6) is 0 Å². The molecule has 0 spiro atoms. The molecule has 1 saturated heterocycles. The third kappa shape index (κ3) is 5.09. The molecule has 0 bridgehead atoms. The Bertz CT molecular complexity index is 925. The van der Waals surface area contributed by atoms with Crippen molar-refractivity contribution in [3.63, 3.8) is 0 Å². The van der Waals surface area contributed by atoms with Crippen LogP contribution in [0, 0.1) is 5.82 Å². The van der Waals surface area contributed by atoms with Crippen molar-refractivity contribution in [2.45, 2.75) is 24.5 Å². The lowest BCUT2D eigenvalue weighted by molar-refractivity contribution is -0.143. The zero-order valence-corrected chi connectivity index (χ0v) is 16.1. The molecule has 0 saturated carbocycles. The third-order valence-electron chi connectivity index (χ3n) is 4.86. The van der Waals surface area contributed by atoms with Gasteiger partial charge in [-0.2, -0.15) is 26.3 Å². The van der Waals surface area contributed by atoms with Crippen LogP contribution in [-0.4, -0.2) is 31.1 Å². The van der Waals surface area contributed by atoms with Crippen molar-refractivity contribution < 1.29 is 40.3 Å². The SMILES string of the molecule is CN1C[C@@](COCc2cc(C(F)(F)F)cc(C(F)(F)F)c2)(c2ccc(F)cc2)NC1=O. The minimum atomic E-state index is -4.96. The molecule has 1 aliphatic heterocycles. The second-order valence-corrected chi connectivity index (χ2v) is 7.28. The Balaban J connectivity index is 1.84. The number of carbonyl (C=O) groups excluding carboxylic acids is 1. The number of halogens is 7. The van der Waals surface area contributed by atoms with Gasteiger partial charge in [-0.3, -0.25) is 0 Å². The average molecular weight is 450 g/mol. The molecule has 2 aromatic carbocycles. The molecule has 1 aliphatic rings. The van der Waals surface area contributed by atoms with Gasteiger partial charge in [0.15, 0.2) is 0 Å². The summed E-state index contributed by atoms with van der Waals surface area (Å²) in [4.78, 5) is 13.3. The average Bonchev–Trinajstić information content (AvgIpc) is 2.95. The molecule has 0 aliphatic carbocycles. The van der Waals surface area contributed by atoms with E-state index < -0.39 is 47.5 Å². The van der Waals surface area contributed by atoms with Gasteiger partial charge in [-0.05, 0) is 41.5 Å². The number of urea groups is 1. The molecule has 3 rings (SSSR count). The second kappa shape index (κ2) is 8.03. The molecule has 2 amide bonds. The number of alkyl halides is 6. The Morgan fingerprint density at radius 3 is 2.00 bits per heavy atom. The van der Waals surface area contributed by atoms with Crippen LogP contribution >= 0.6 is 0 Å². The monoisotopic (exact) mass is 450 g/mol. The maximum absolute atomic E-state index is 13.3. The summed E-state index contributed by atoms with van der Waals surface area (Å²) in [5, 5.41) is 2.69. The van der Waals surface area contributed by atoms with Gasteiger partial charge in [-0.1, -0.05) is 12.1 Å². The summed E-state index contributed by atoms with van der Waals surface area (Å²) in [5.74, 6) is -0.513. The number of hydrogen-bond acceptors (Lipinski definition) is 2. The summed E-state index contributed by atoms with van der Waals surface area (Å²) in [6, 6.07) is 5.93. The maximum Gasteiger partial charge on any atom is 0.416 e. The van der Waals surface area contributed by atoms with E-state index in [1.54, 1.807) is 0 Å². The second-order valence-electron chi connectivity index (χ2n) is 7.28. The number of amides is 2. The Morgan fingerprint density at radius 2 is 1.55 bits per heavy atom. The number of nitrogens with one attached hydrogen (secondary N) is 1. The van der Waals surface area contributed by atoms with E-state index in [1.165, 1.54) is 36.2 Å². The molecular weight excluding hydrogens is 433 g/mol. The van der Waals surface area contributed by atoms with Gasteiger partial charge in [-0.25, -0.2) is 9.18 Å². The predicted molar refractivity (Wildman–Crippen MR) is 95.3 cm³/mol. The molecule has 1 N–H and O–H groups in total. The number of likely N-dealkylation sites (N-methyl/N-ethyl adjacent to an activating group) is 1. The first kappa shape index (κ1) is 22.9. The van der Waals surface area contributed by atoms with Crippen LogP contribution in [0.3, 0.4) is 0 Å². The molecule has 0 radical (unpaired) electrons. The van der Waals surface area contributed by atoms with Crippen LogP contribution in [0.4, 0.5) is 35.5 Å². The molecule has 31 heavy (non-hydrogen) atoms. The number of benzene rings is 2. The lowest BCUT2D eigenvalue weighted by atomic mass is 9.91. The molecule has 4 nitrogen and oxygen atoms in total. The molecule has 1 atom stereocenters. The Hall–Kier alpha value is -2.82. The van der Waals surface area contributed by atoms with Crippen molar-refractivity contribution in [2.24, 2.45) is 0 Å². The smallest absolute Gasteiger partial charge is 0.374 e. The topological polar surface area (TPSA) is 41.6 Å². The van der Waals surface area contributed by atoms with Gasteiger partial charge in [-0.15, -0.1) is 0 Å². The summed E-state index contributed by atoms with van der Waals surface area (Å²) >= 11 is 0. The molecule has 0 unspecified atom stereocenters. The lowest BCUT2D eigenvalue weighted by Crippen LogP contribution is -2.44. The number of carbonyl (C=O) groups is 1. The summed E-state index contributed by atoms with van der Waals surface area (Å²) in [5.41, 5.74) is -3.87. The number of hydrogen-bond donors (Lipinski definition) is 1. The summed E-state index contributed by atoms with van der Waals surface area (Å²) in [6.45, 7) is -0.713. The van der Waals surface area contributed by atoms with Crippen molar-refractivity contribution in [3.8, 4) is 0 Å². The van der Waals surface area contributed by atoms with Crippen molar-refractivity contribution in [1.29, 1.82) is 0 Å². The molecule has 11 heteroatoms. The van der Waals surface area contributed by atoms with Crippen LogP contribution in [0.25, 0.3) is 0 Å². The normalized spacial score (nSPS) is 19.6. The zero-order valence-electron chi connectivity index (χ0n) is 16.1. The van der Waals surface area contributed by atoms with E-state index in [0.29, 0.717) is 17.7 Å². The van der Waals surface area contributed by atoms with Gasteiger partial charge < -0.3 is 15.0 Å². The zero-order chi connectivity index (χ0) is 23.0. The van der Waals surface area contributed by atoms with Crippen LogP contribution in [0.2, 0.25) is 0 Å². The predicted octanol–water partition coefficient (Wildman–Crippen LogP) is 4.93. The molecule has 168 valence electrons. The van der Waals surface area contributed by atoms with Gasteiger partial charge in [0.05, 0.1) is 30.9 Å². The van der Waals surface area contributed by atoms with E-state index in [0.717, 1.165) is 0 Å². The van der Waals surface area contributed by atoms with Gasteiger partial charge in [0.1, 0.15) is 11.4 Å². The third-order valence-corrected chi connectivity index (χ3v) is 4.86. The Labute approximate surface area is 172 Å². The fourth-order valence-electron chi connectivity index (χ4n) is 3.36. The van der Waals surface area contributed by atoms with Gasteiger partial charge >= 0.3 is 18.4 Å². The first-order chi connectivity index (χ1) is 14.3. The Morgan fingerprint density at radius 1 is 1.00 bits per heavy atom. The minimum Gasteiger partial charge on any atom is -0.374 e. The van der Waals surface area contributed by atoms with E-state index in [-0.39, 0.29) is 24.8 Å². The van der Waals surface area contributed by atoms with E-state index in [9.17, 15) is 35.5 Å². The van der Waals surface area contributed by atoms with E-state index in [2.05, 4.69) is 5.32 Å². The largest absolute Gasteiger partial charge is 0.416 e. The highest BCUT2D eigenvalue weighted by molar-refractivity contribution is 5.78. The van der Waals surface area contributed by atoms with Gasteiger partial charge in [0, 0.05) is 7.05 Å². The highest BCUT2D eigenvalue weighted by atomic mass is 19.4. The first-order valence-electron chi connectivity index (χ1n) is 8.96. The summed E-state index contributed by atoms with van der Waals surface area (Å²) in [7, 11) is 1.50. The molecule has 2 aromatic rings. The van der Waals surface area contributed by atoms with Crippen molar-refractivity contribution in [3.05, 3.63) is 70.5 Å².